The van der Waals surface area contributed by atoms with Crippen LogP contribution < -0.4 is 5.56 Å². The number of esters is 1. The maximum Gasteiger partial charge on any atom is 0.319 e. The first-order valence-electron chi connectivity index (χ1n) is 7.12. The number of carbonyl (C=O) groups excluding carboxylic acids is 1. The first-order valence-corrected chi connectivity index (χ1v) is 9.08. The Morgan fingerprint density at radius 1 is 1.57 bits per heavy atom. The van der Waals surface area contributed by atoms with Crippen molar-refractivity contribution in [3.63, 3.8) is 0 Å². The first-order chi connectivity index (χ1) is 11.0. The van der Waals surface area contributed by atoms with Crippen LogP contribution >= 0.6 is 34.4 Å². The average Bonchev–Trinajstić information content (AvgIpc) is 2.52. The molecule has 122 valence electrons. The van der Waals surface area contributed by atoms with Crippen molar-refractivity contribution in [2.24, 2.45) is 0 Å². The van der Waals surface area contributed by atoms with Crippen LogP contribution in [0.1, 0.15) is 13.8 Å². The maximum atomic E-state index is 12.7. The van der Waals surface area contributed by atoms with E-state index in [0.29, 0.717) is 29.2 Å². The number of aromatic nitrogens is 2. The van der Waals surface area contributed by atoms with Gasteiger partial charge in [-0.05, 0) is 54.6 Å². The van der Waals surface area contributed by atoms with Gasteiger partial charge >= 0.3 is 5.97 Å². The predicted octanol–water partition coefficient (Wildman–Crippen LogP) is 3.23. The van der Waals surface area contributed by atoms with Gasteiger partial charge in [0.15, 0.2) is 5.16 Å². The van der Waals surface area contributed by atoms with E-state index in [2.05, 4.69) is 34.2 Å². The van der Waals surface area contributed by atoms with Crippen LogP contribution in [0.4, 0.5) is 0 Å². The molecule has 0 unspecified atom stereocenters. The van der Waals surface area contributed by atoms with Gasteiger partial charge in [-0.25, -0.2) is 4.98 Å². The second kappa shape index (κ2) is 7.96. The molecule has 0 aliphatic heterocycles. The molecular formula is C16H17IN2O3S. The minimum Gasteiger partial charge on any atom is -0.465 e. The van der Waals surface area contributed by atoms with Gasteiger partial charge in [-0.1, -0.05) is 17.8 Å². The molecule has 2 rings (SSSR count). The summed E-state index contributed by atoms with van der Waals surface area (Å²) in [6, 6.07) is 5.53. The Morgan fingerprint density at radius 3 is 2.96 bits per heavy atom. The lowest BCUT2D eigenvalue weighted by atomic mass is 10.2. The molecule has 7 heteroatoms. The Hall–Kier alpha value is -1.35. The fraction of sp³-hybridized carbons (Fsp3) is 0.312. The Morgan fingerprint density at radius 2 is 2.30 bits per heavy atom. The van der Waals surface area contributed by atoms with Crippen molar-refractivity contribution in [3.05, 3.63) is 44.8 Å². The van der Waals surface area contributed by atoms with E-state index in [9.17, 15) is 9.59 Å². The van der Waals surface area contributed by atoms with Gasteiger partial charge in [-0.3, -0.25) is 14.2 Å². The van der Waals surface area contributed by atoms with Crippen LogP contribution in [0.2, 0.25) is 0 Å². The van der Waals surface area contributed by atoms with Crippen LogP contribution in [0.5, 0.6) is 0 Å². The highest BCUT2D eigenvalue weighted by Crippen LogP contribution is 2.24. The molecule has 0 radical (unpaired) electrons. The van der Waals surface area contributed by atoms with Crippen molar-refractivity contribution in [2.45, 2.75) is 30.8 Å². The molecule has 0 fully saturated rings. The lowest BCUT2D eigenvalue weighted by Gasteiger charge is -2.14. The Balaban J connectivity index is 2.51. The first kappa shape index (κ1) is 18.0. The molecule has 1 heterocycles. The SMILES string of the molecule is C=CCn1c(S[C@@H](C)C(=O)OCC)nc2ccc(I)cc2c1=O. The third kappa shape index (κ3) is 4.14. The van der Waals surface area contributed by atoms with Crippen molar-refractivity contribution < 1.29 is 9.53 Å². The highest BCUT2D eigenvalue weighted by molar-refractivity contribution is 14.1. The van der Waals surface area contributed by atoms with Gasteiger partial charge in [0.1, 0.15) is 5.25 Å². The molecule has 0 aliphatic carbocycles. The summed E-state index contributed by atoms with van der Waals surface area (Å²) in [6.07, 6.45) is 1.64. The zero-order valence-corrected chi connectivity index (χ0v) is 15.9. The molecule has 23 heavy (non-hydrogen) atoms. The quantitative estimate of drug-likeness (QED) is 0.225. The summed E-state index contributed by atoms with van der Waals surface area (Å²) in [5, 5.41) is 0.607. The summed E-state index contributed by atoms with van der Waals surface area (Å²) in [7, 11) is 0. The fourth-order valence-electron chi connectivity index (χ4n) is 2.02. The van der Waals surface area contributed by atoms with Crippen molar-refractivity contribution in [1.82, 2.24) is 9.55 Å². The van der Waals surface area contributed by atoms with Gasteiger partial charge < -0.3 is 4.74 Å². The summed E-state index contributed by atoms with van der Waals surface area (Å²) in [6.45, 7) is 7.86. The molecule has 0 bridgehead atoms. The van der Waals surface area contributed by atoms with E-state index in [0.717, 1.165) is 3.57 Å². The van der Waals surface area contributed by atoms with Crippen molar-refractivity contribution >= 4 is 51.2 Å². The molecule has 0 saturated heterocycles. The topological polar surface area (TPSA) is 61.2 Å². The number of fused-ring (bicyclic) bond motifs is 1. The third-order valence-electron chi connectivity index (χ3n) is 3.09. The number of rotatable bonds is 6. The number of thioether (sulfide) groups is 1. The molecule has 2 aromatic rings. The smallest absolute Gasteiger partial charge is 0.319 e. The predicted molar refractivity (Wildman–Crippen MR) is 101 cm³/mol. The molecule has 0 aliphatic rings. The van der Waals surface area contributed by atoms with E-state index < -0.39 is 5.25 Å². The van der Waals surface area contributed by atoms with Gasteiger partial charge in [0.25, 0.3) is 5.56 Å². The number of hydrogen-bond acceptors (Lipinski definition) is 5. The Kier molecular flexibility index (Phi) is 6.23. The molecule has 1 aromatic carbocycles. The van der Waals surface area contributed by atoms with Crippen molar-refractivity contribution in [3.8, 4) is 0 Å². The lowest BCUT2D eigenvalue weighted by Crippen LogP contribution is -2.25. The van der Waals surface area contributed by atoms with Crippen LogP contribution in [0.15, 0.2) is 40.8 Å². The van der Waals surface area contributed by atoms with E-state index in [-0.39, 0.29) is 11.5 Å². The molecule has 0 amide bonds. The fourth-order valence-corrected chi connectivity index (χ4v) is 3.43. The van der Waals surface area contributed by atoms with Gasteiger partial charge in [-0.2, -0.15) is 0 Å². The van der Waals surface area contributed by atoms with Gasteiger partial charge in [0.2, 0.25) is 0 Å². The number of ether oxygens (including phenoxy) is 1. The second-order valence-corrected chi connectivity index (χ2v) is 7.33. The summed E-state index contributed by atoms with van der Waals surface area (Å²) in [5.41, 5.74) is 0.487. The maximum absolute atomic E-state index is 12.7. The number of benzene rings is 1. The standard InChI is InChI=1S/C16H17IN2O3S/c1-4-8-19-14(20)12-9-11(17)6-7-13(12)18-16(19)23-10(3)15(21)22-5-2/h4,6-7,9-10H,1,5,8H2,2-3H3/t10-/m0/s1. The van der Waals surface area contributed by atoms with Crippen molar-refractivity contribution in [2.75, 3.05) is 6.61 Å². The van der Waals surface area contributed by atoms with Crippen LogP contribution in [0.25, 0.3) is 10.9 Å². The molecule has 5 nitrogen and oxygen atoms in total. The summed E-state index contributed by atoms with van der Waals surface area (Å²) < 4.78 is 7.52. The minimum absolute atomic E-state index is 0.132. The summed E-state index contributed by atoms with van der Waals surface area (Å²) in [4.78, 5) is 29.1. The Labute approximate surface area is 152 Å². The second-order valence-electron chi connectivity index (χ2n) is 4.77. The molecule has 0 spiro atoms. The molecule has 0 N–H and O–H groups in total. The van der Waals surface area contributed by atoms with Crippen LogP contribution in [0, 0.1) is 3.57 Å². The summed E-state index contributed by atoms with van der Waals surface area (Å²) >= 11 is 3.38. The monoisotopic (exact) mass is 444 g/mol. The molecule has 1 aromatic heterocycles. The number of allylic oxidation sites excluding steroid dienone is 1. The van der Waals surface area contributed by atoms with Crippen LogP contribution in [-0.4, -0.2) is 27.4 Å². The highest BCUT2D eigenvalue weighted by Gasteiger charge is 2.20. The van der Waals surface area contributed by atoms with Gasteiger partial charge in [0.05, 0.1) is 17.5 Å². The van der Waals surface area contributed by atoms with Gasteiger partial charge in [-0.15, -0.1) is 6.58 Å². The van der Waals surface area contributed by atoms with E-state index in [1.54, 1.807) is 19.9 Å². The highest BCUT2D eigenvalue weighted by atomic mass is 127. The average molecular weight is 444 g/mol. The van der Waals surface area contributed by atoms with E-state index in [4.69, 9.17) is 4.74 Å². The Bertz CT molecular complexity index is 804. The van der Waals surface area contributed by atoms with E-state index >= 15 is 0 Å². The minimum atomic E-state index is -0.445. The zero-order chi connectivity index (χ0) is 17.0. The molecule has 1 atom stereocenters. The normalized spacial score (nSPS) is 12.1. The van der Waals surface area contributed by atoms with Crippen LogP contribution in [-0.2, 0) is 16.1 Å². The number of carbonyl (C=O) groups is 1. The van der Waals surface area contributed by atoms with Gasteiger partial charge in [0, 0.05) is 10.1 Å². The third-order valence-corrected chi connectivity index (χ3v) is 4.83. The van der Waals surface area contributed by atoms with Crippen LogP contribution in [0.3, 0.4) is 0 Å². The molecular weight excluding hydrogens is 427 g/mol. The largest absolute Gasteiger partial charge is 0.465 e. The number of nitrogens with zero attached hydrogens (tertiary/aromatic N) is 2. The van der Waals surface area contributed by atoms with E-state index in [1.807, 2.05) is 18.2 Å². The van der Waals surface area contributed by atoms with Crippen molar-refractivity contribution in [1.29, 1.82) is 0 Å². The zero-order valence-electron chi connectivity index (χ0n) is 12.9. The number of halogens is 1. The molecule has 0 saturated carbocycles. The summed E-state index contributed by atoms with van der Waals surface area (Å²) in [5.74, 6) is -0.320. The van der Waals surface area contributed by atoms with E-state index in [1.165, 1.54) is 16.3 Å². The number of hydrogen-bond donors (Lipinski definition) is 0. The lowest BCUT2D eigenvalue weighted by molar-refractivity contribution is -0.142.